The Hall–Kier alpha value is -0.840. The SMILES string of the molecule is NC(=S)c1c(Cl)cccc1N1CCCCC1CO. The standard InChI is InChI=1S/C13H17ClN2OS/c14-10-5-3-6-11(12(10)13(15)18)16-7-2-1-4-9(16)8-17/h3,5-6,9,17H,1-2,4,7-8H2,(H2,15,18). The molecule has 0 bridgehead atoms. The van der Waals surface area contributed by atoms with Gasteiger partial charge in [-0.1, -0.05) is 29.9 Å². The van der Waals surface area contributed by atoms with Gasteiger partial charge in [0.25, 0.3) is 0 Å². The van der Waals surface area contributed by atoms with Crippen molar-refractivity contribution in [2.45, 2.75) is 25.3 Å². The van der Waals surface area contributed by atoms with E-state index in [1.165, 1.54) is 0 Å². The van der Waals surface area contributed by atoms with Gasteiger partial charge in [0.15, 0.2) is 0 Å². The zero-order chi connectivity index (χ0) is 13.1. The van der Waals surface area contributed by atoms with Gasteiger partial charge in [-0.2, -0.15) is 0 Å². The third-order valence-electron chi connectivity index (χ3n) is 3.39. The molecule has 1 unspecified atom stereocenters. The van der Waals surface area contributed by atoms with E-state index < -0.39 is 0 Å². The summed E-state index contributed by atoms with van der Waals surface area (Å²) in [5.41, 5.74) is 7.42. The number of nitrogens with two attached hydrogens (primary N) is 1. The van der Waals surface area contributed by atoms with Gasteiger partial charge in [0, 0.05) is 12.2 Å². The molecule has 0 aromatic heterocycles. The highest BCUT2D eigenvalue weighted by atomic mass is 35.5. The molecule has 1 fully saturated rings. The summed E-state index contributed by atoms with van der Waals surface area (Å²) in [4.78, 5) is 2.47. The van der Waals surface area contributed by atoms with Crippen LogP contribution in [0.5, 0.6) is 0 Å². The fourth-order valence-corrected chi connectivity index (χ4v) is 3.05. The predicted molar refractivity (Wildman–Crippen MR) is 79.4 cm³/mol. The van der Waals surface area contributed by atoms with Gasteiger partial charge >= 0.3 is 0 Å². The molecule has 18 heavy (non-hydrogen) atoms. The second-order valence-electron chi connectivity index (χ2n) is 4.52. The van der Waals surface area contributed by atoms with Gasteiger partial charge in [-0.15, -0.1) is 0 Å². The molecule has 2 rings (SSSR count). The molecule has 1 saturated heterocycles. The molecule has 0 spiro atoms. The van der Waals surface area contributed by atoms with Gasteiger partial charge in [-0.05, 0) is 31.4 Å². The van der Waals surface area contributed by atoms with Crippen LogP contribution >= 0.6 is 23.8 Å². The maximum atomic E-state index is 9.48. The fourth-order valence-electron chi connectivity index (χ4n) is 2.50. The van der Waals surface area contributed by atoms with E-state index in [-0.39, 0.29) is 12.6 Å². The number of aliphatic hydroxyl groups is 1. The van der Waals surface area contributed by atoms with Gasteiger partial charge in [0.2, 0.25) is 0 Å². The lowest BCUT2D eigenvalue weighted by atomic mass is 10.00. The van der Waals surface area contributed by atoms with E-state index in [4.69, 9.17) is 29.6 Å². The van der Waals surface area contributed by atoms with Crippen LogP contribution in [-0.2, 0) is 0 Å². The first-order valence-electron chi connectivity index (χ1n) is 6.11. The number of nitrogens with zero attached hydrogens (tertiary/aromatic N) is 1. The Morgan fingerprint density at radius 3 is 2.94 bits per heavy atom. The summed E-state index contributed by atoms with van der Waals surface area (Å²) >= 11 is 11.3. The van der Waals surface area contributed by atoms with Crippen molar-refractivity contribution >= 4 is 34.5 Å². The van der Waals surface area contributed by atoms with Crippen LogP contribution in [0.2, 0.25) is 5.02 Å². The maximum Gasteiger partial charge on any atom is 0.107 e. The Bertz CT molecular complexity index is 453. The summed E-state index contributed by atoms with van der Waals surface area (Å²) in [7, 11) is 0. The molecule has 3 N–H and O–H groups in total. The molecule has 1 atom stereocenters. The fraction of sp³-hybridized carbons (Fsp3) is 0.462. The Balaban J connectivity index is 2.42. The monoisotopic (exact) mass is 284 g/mol. The highest BCUT2D eigenvalue weighted by Gasteiger charge is 2.25. The van der Waals surface area contributed by atoms with Crippen molar-refractivity contribution in [1.82, 2.24) is 0 Å². The Morgan fingerprint density at radius 2 is 2.28 bits per heavy atom. The lowest BCUT2D eigenvalue weighted by Crippen LogP contribution is -2.42. The van der Waals surface area contributed by atoms with Crippen molar-refractivity contribution < 1.29 is 5.11 Å². The van der Waals surface area contributed by atoms with Crippen LogP contribution in [-0.4, -0.2) is 29.3 Å². The molecule has 1 aliphatic rings. The van der Waals surface area contributed by atoms with Crippen molar-refractivity contribution in [2.24, 2.45) is 5.73 Å². The summed E-state index contributed by atoms with van der Waals surface area (Å²) in [5, 5.41) is 10.1. The van der Waals surface area contributed by atoms with Crippen molar-refractivity contribution in [3.8, 4) is 0 Å². The number of anilines is 1. The molecule has 0 radical (unpaired) electrons. The Kier molecular flexibility index (Phi) is 4.43. The summed E-state index contributed by atoms with van der Waals surface area (Å²) in [6.45, 7) is 1.05. The zero-order valence-corrected chi connectivity index (χ0v) is 11.7. The number of hydrogen-bond donors (Lipinski definition) is 2. The lowest BCUT2D eigenvalue weighted by molar-refractivity contribution is 0.240. The van der Waals surface area contributed by atoms with Gasteiger partial charge < -0.3 is 15.7 Å². The number of halogens is 1. The Labute approximate surface area is 118 Å². The lowest BCUT2D eigenvalue weighted by Gasteiger charge is -2.37. The normalized spacial score (nSPS) is 19.9. The van der Waals surface area contributed by atoms with E-state index >= 15 is 0 Å². The van der Waals surface area contributed by atoms with E-state index in [9.17, 15) is 5.11 Å². The van der Waals surface area contributed by atoms with E-state index in [1.54, 1.807) is 6.07 Å². The molecule has 5 heteroatoms. The van der Waals surface area contributed by atoms with E-state index in [1.807, 2.05) is 12.1 Å². The van der Waals surface area contributed by atoms with Crippen LogP contribution in [0.3, 0.4) is 0 Å². The van der Waals surface area contributed by atoms with Crippen LogP contribution in [0, 0.1) is 0 Å². The first-order valence-corrected chi connectivity index (χ1v) is 6.89. The molecular weight excluding hydrogens is 268 g/mol. The molecular formula is C13H17ClN2OS. The number of thiocarbonyl (C=S) groups is 1. The van der Waals surface area contributed by atoms with Gasteiger partial charge in [-0.25, -0.2) is 0 Å². The largest absolute Gasteiger partial charge is 0.394 e. The number of hydrogen-bond acceptors (Lipinski definition) is 3. The van der Waals surface area contributed by atoms with Crippen LogP contribution in [0.1, 0.15) is 24.8 Å². The molecule has 1 aromatic rings. The molecule has 1 heterocycles. The minimum Gasteiger partial charge on any atom is -0.394 e. The van der Waals surface area contributed by atoms with Crippen LogP contribution in [0.15, 0.2) is 18.2 Å². The van der Waals surface area contributed by atoms with E-state index in [0.29, 0.717) is 10.0 Å². The Morgan fingerprint density at radius 1 is 1.50 bits per heavy atom. The van der Waals surface area contributed by atoms with Crippen molar-refractivity contribution in [2.75, 3.05) is 18.1 Å². The topological polar surface area (TPSA) is 49.5 Å². The molecule has 1 aliphatic heterocycles. The minimum atomic E-state index is 0.130. The molecule has 0 aliphatic carbocycles. The average molecular weight is 285 g/mol. The van der Waals surface area contributed by atoms with Crippen LogP contribution < -0.4 is 10.6 Å². The maximum absolute atomic E-state index is 9.48. The third-order valence-corrected chi connectivity index (χ3v) is 3.90. The quantitative estimate of drug-likeness (QED) is 0.837. The predicted octanol–water partition coefficient (Wildman–Crippen LogP) is 2.33. The summed E-state index contributed by atoms with van der Waals surface area (Å²) in [6, 6.07) is 5.78. The van der Waals surface area contributed by atoms with Crippen molar-refractivity contribution in [1.29, 1.82) is 0 Å². The smallest absolute Gasteiger partial charge is 0.107 e. The average Bonchev–Trinajstić information content (AvgIpc) is 2.38. The zero-order valence-electron chi connectivity index (χ0n) is 10.1. The molecule has 0 amide bonds. The molecule has 0 saturated carbocycles. The summed E-state index contributed by atoms with van der Waals surface area (Å²) < 4.78 is 0. The highest BCUT2D eigenvalue weighted by molar-refractivity contribution is 7.80. The number of rotatable bonds is 3. The van der Waals surface area contributed by atoms with Gasteiger partial charge in [0.1, 0.15) is 4.99 Å². The van der Waals surface area contributed by atoms with Gasteiger partial charge in [0.05, 0.1) is 23.2 Å². The first kappa shape index (κ1) is 13.6. The summed E-state index contributed by atoms with van der Waals surface area (Å²) in [5.74, 6) is 0. The number of aliphatic hydroxyl groups excluding tert-OH is 1. The highest BCUT2D eigenvalue weighted by Crippen LogP contribution is 2.31. The number of benzene rings is 1. The van der Waals surface area contributed by atoms with Crippen LogP contribution in [0.25, 0.3) is 0 Å². The van der Waals surface area contributed by atoms with Crippen LogP contribution in [0.4, 0.5) is 5.69 Å². The second kappa shape index (κ2) is 5.87. The molecule has 3 nitrogen and oxygen atoms in total. The van der Waals surface area contributed by atoms with E-state index in [0.717, 1.165) is 37.1 Å². The first-order chi connectivity index (χ1) is 8.65. The third kappa shape index (κ3) is 2.60. The second-order valence-corrected chi connectivity index (χ2v) is 5.37. The van der Waals surface area contributed by atoms with Crippen molar-refractivity contribution in [3.63, 3.8) is 0 Å². The molecule has 1 aromatic carbocycles. The van der Waals surface area contributed by atoms with Crippen molar-refractivity contribution in [3.05, 3.63) is 28.8 Å². The van der Waals surface area contributed by atoms with E-state index in [2.05, 4.69) is 4.90 Å². The molecule has 98 valence electrons. The minimum absolute atomic E-state index is 0.130. The number of piperidine rings is 1. The van der Waals surface area contributed by atoms with Gasteiger partial charge in [-0.3, -0.25) is 0 Å². The summed E-state index contributed by atoms with van der Waals surface area (Å²) in [6.07, 6.45) is 3.24.